The van der Waals surface area contributed by atoms with Crippen LogP contribution in [-0.2, 0) is 0 Å². The van der Waals surface area contributed by atoms with Crippen molar-refractivity contribution in [2.45, 2.75) is 20.8 Å². The summed E-state index contributed by atoms with van der Waals surface area (Å²) in [5.74, 6) is 3.25. The fourth-order valence-corrected chi connectivity index (χ4v) is 6.68. The van der Waals surface area contributed by atoms with E-state index in [2.05, 4.69) is 108 Å². The highest BCUT2D eigenvalue weighted by molar-refractivity contribution is 6.74. The van der Waals surface area contributed by atoms with Crippen molar-refractivity contribution in [3.05, 3.63) is 144 Å². The molecule has 0 bridgehead atoms. The average molecular weight is 571 g/mol. The number of hydrogen-bond donors (Lipinski definition) is 0. The van der Waals surface area contributed by atoms with E-state index in [0.29, 0.717) is 0 Å². The second kappa shape index (κ2) is 10.4. The maximum Gasteiger partial charge on any atom is 0.524 e. The summed E-state index contributed by atoms with van der Waals surface area (Å²) in [6.07, 6.45) is 1.83. The van der Waals surface area contributed by atoms with Crippen LogP contribution in [-0.4, -0.2) is 16.6 Å². The molecule has 0 radical (unpaired) electrons. The molecule has 5 nitrogen and oxygen atoms in total. The second-order valence-corrected chi connectivity index (χ2v) is 11.4. The fourth-order valence-electron chi connectivity index (χ4n) is 6.68. The number of hydrogen-bond acceptors (Lipinski definition) is 4. The fraction of sp³-hybridized carbons (Fsp3) is 0.0789. The zero-order valence-electron chi connectivity index (χ0n) is 24.9. The van der Waals surface area contributed by atoms with E-state index in [1.54, 1.807) is 0 Å². The van der Waals surface area contributed by atoms with Crippen molar-refractivity contribution in [2.75, 3.05) is 4.81 Å². The highest BCUT2D eigenvalue weighted by Gasteiger charge is 2.40. The number of fused-ring (bicyclic) bond motifs is 4. The van der Waals surface area contributed by atoms with Crippen molar-refractivity contribution in [3.8, 4) is 23.1 Å². The molecule has 1 aliphatic rings. The van der Waals surface area contributed by atoms with Crippen LogP contribution in [0.25, 0.3) is 27.6 Å². The third-order valence-corrected chi connectivity index (χ3v) is 8.38. The van der Waals surface area contributed by atoms with Crippen molar-refractivity contribution in [1.82, 2.24) is 9.55 Å². The summed E-state index contributed by atoms with van der Waals surface area (Å²) in [5.41, 5.74) is 9.10. The lowest BCUT2D eigenvalue weighted by Crippen LogP contribution is -2.47. The van der Waals surface area contributed by atoms with Gasteiger partial charge in [0.25, 0.3) is 0 Å². The largest absolute Gasteiger partial charge is 0.536 e. The number of rotatable bonds is 5. The normalized spacial score (nSPS) is 12.5. The molecular formula is C38H30BN3O2. The Labute approximate surface area is 257 Å². The third-order valence-electron chi connectivity index (χ3n) is 8.38. The maximum atomic E-state index is 6.62. The maximum absolute atomic E-state index is 6.62. The molecular weight excluding hydrogens is 541 g/mol. The van der Waals surface area contributed by atoms with Crippen LogP contribution >= 0.6 is 0 Å². The Morgan fingerprint density at radius 3 is 2.25 bits per heavy atom. The molecule has 1 aliphatic heterocycles. The number of anilines is 2. The van der Waals surface area contributed by atoms with E-state index in [4.69, 9.17) is 9.39 Å². The van der Waals surface area contributed by atoms with Crippen LogP contribution < -0.4 is 19.7 Å². The van der Waals surface area contributed by atoms with Gasteiger partial charge in [0.2, 0.25) is 0 Å². The quantitative estimate of drug-likeness (QED) is 0.194. The molecule has 6 heteroatoms. The summed E-state index contributed by atoms with van der Waals surface area (Å²) in [6, 6.07) is 41.7. The summed E-state index contributed by atoms with van der Waals surface area (Å²) >= 11 is 0. The minimum atomic E-state index is -0.328. The van der Waals surface area contributed by atoms with E-state index in [-0.39, 0.29) is 7.05 Å². The Hall–Kier alpha value is -5.49. The Morgan fingerprint density at radius 2 is 1.41 bits per heavy atom. The zero-order valence-corrected chi connectivity index (χ0v) is 24.9. The first-order chi connectivity index (χ1) is 21.5. The van der Waals surface area contributed by atoms with Crippen molar-refractivity contribution in [1.29, 1.82) is 0 Å². The number of para-hydroxylation sites is 3. The smallest absolute Gasteiger partial charge is 0.524 e. The van der Waals surface area contributed by atoms with Gasteiger partial charge in [-0.25, -0.2) is 4.98 Å². The topological polar surface area (TPSA) is 39.5 Å². The molecule has 0 aliphatic carbocycles. The van der Waals surface area contributed by atoms with E-state index in [9.17, 15) is 0 Å². The standard InChI is InChI=1S/C38H30BN3O2/c1-25-21-26(2)38(27(3)22-25)42-34-15-6-7-16-36(34)44-39(42)28-11-10-12-29(23-28)43-30-18-19-32-31-13-4-5-14-33(31)41(35(32)24-30)37-17-8-9-20-40-37/h4-24H,1-3H3. The number of aryl methyl sites for hydroxylation is 3. The van der Waals surface area contributed by atoms with Gasteiger partial charge >= 0.3 is 7.05 Å². The molecule has 0 fully saturated rings. The summed E-state index contributed by atoms with van der Waals surface area (Å²) in [4.78, 5) is 6.98. The Morgan fingerprint density at radius 1 is 0.659 bits per heavy atom. The summed E-state index contributed by atoms with van der Waals surface area (Å²) in [5, 5.41) is 2.34. The second-order valence-electron chi connectivity index (χ2n) is 11.4. The van der Waals surface area contributed by atoms with Crippen LogP contribution in [0.3, 0.4) is 0 Å². The molecule has 0 spiro atoms. The van der Waals surface area contributed by atoms with Gasteiger partial charge in [0, 0.05) is 28.7 Å². The molecule has 44 heavy (non-hydrogen) atoms. The van der Waals surface area contributed by atoms with Crippen molar-refractivity contribution >= 4 is 45.7 Å². The van der Waals surface area contributed by atoms with E-state index in [1.807, 2.05) is 54.7 Å². The molecule has 3 heterocycles. The van der Waals surface area contributed by atoms with Crippen LogP contribution in [0.4, 0.5) is 11.4 Å². The van der Waals surface area contributed by atoms with Gasteiger partial charge in [-0.1, -0.05) is 66.2 Å². The first-order valence-corrected chi connectivity index (χ1v) is 14.9. The van der Waals surface area contributed by atoms with Gasteiger partial charge in [0.15, 0.2) is 0 Å². The third kappa shape index (κ3) is 4.30. The number of ether oxygens (including phenoxy) is 1. The Bertz CT molecular complexity index is 2170. The predicted octanol–water partition coefficient (Wildman–Crippen LogP) is 8.82. The van der Waals surface area contributed by atoms with Crippen LogP contribution in [0, 0.1) is 20.8 Å². The van der Waals surface area contributed by atoms with Gasteiger partial charge in [0.05, 0.1) is 16.7 Å². The SMILES string of the molecule is Cc1cc(C)c(N2B(c3cccc(Oc4ccc5c6ccccc6n(-c6ccccn6)c5c4)c3)Oc3ccccc32)c(C)c1. The average Bonchev–Trinajstić information content (AvgIpc) is 3.57. The first-order valence-electron chi connectivity index (χ1n) is 14.9. The summed E-state index contributed by atoms with van der Waals surface area (Å²) in [6.45, 7) is 6.49. The minimum absolute atomic E-state index is 0.328. The molecule has 2 aromatic heterocycles. The van der Waals surface area contributed by atoms with Gasteiger partial charge in [-0.15, -0.1) is 0 Å². The molecule has 0 saturated carbocycles. The van der Waals surface area contributed by atoms with Crippen LogP contribution in [0.15, 0.2) is 128 Å². The number of aromatic nitrogens is 2. The zero-order chi connectivity index (χ0) is 29.8. The highest BCUT2D eigenvalue weighted by Crippen LogP contribution is 2.43. The lowest BCUT2D eigenvalue weighted by Gasteiger charge is -2.27. The molecule has 0 unspecified atom stereocenters. The number of nitrogens with zero attached hydrogens (tertiary/aromatic N) is 3. The molecule has 0 amide bonds. The van der Waals surface area contributed by atoms with Gasteiger partial charge in [-0.2, -0.15) is 0 Å². The molecule has 5 aromatic carbocycles. The molecule has 212 valence electrons. The van der Waals surface area contributed by atoms with Gasteiger partial charge in [-0.05, 0) is 92.0 Å². The lowest BCUT2D eigenvalue weighted by atomic mass is 9.71. The lowest BCUT2D eigenvalue weighted by molar-refractivity contribution is 0.483. The molecule has 7 aromatic rings. The van der Waals surface area contributed by atoms with Crippen LogP contribution in [0.1, 0.15) is 16.7 Å². The van der Waals surface area contributed by atoms with Crippen LogP contribution in [0.5, 0.6) is 17.2 Å². The number of pyridine rings is 1. The predicted molar refractivity (Wildman–Crippen MR) is 180 cm³/mol. The van der Waals surface area contributed by atoms with E-state index >= 15 is 0 Å². The van der Waals surface area contributed by atoms with Crippen molar-refractivity contribution in [3.63, 3.8) is 0 Å². The van der Waals surface area contributed by atoms with E-state index < -0.39 is 0 Å². The van der Waals surface area contributed by atoms with E-state index in [0.717, 1.165) is 50.6 Å². The van der Waals surface area contributed by atoms with Gasteiger partial charge in [0.1, 0.15) is 23.1 Å². The summed E-state index contributed by atoms with van der Waals surface area (Å²) in [7, 11) is -0.328. The summed E-state index contributed by atoms with van der Waals surface area (Å²) < 4.78 is 15.4. The monoisotopic (exact) mass is 571 g/mol. The van der Waals surface area contributed by atoms with Gasteiger partial charge < -0.3 is 14.2 Å². The Balaban J connectivity index is 1.19. The van der Waals surface area contributed by atoms with Crippen molar-refractivity contribution in [2.24, 2.45) is 0 Å². The Kier molecular flexibility index (Phi) is 6.16. The van der Waals surface area contributed by atoms with Gasteiger partial charge in [-0.3, -0.25) is 4.57 Å². The molecule has 0 N–H and O–H groups in total. The molecule has 0 atom stereocenters. The van der Waals surface area contributed by atoms with Crippen LogP contribution in [0.2, 0.25) is 0 Å². The molecule has 0 saturated heterocycles. The number of benzene rings is 5. The highest BCUT2D eigenvalue weighted by atomic mass is 16.5. The van der Waals surface area contributed by atoms with E-state index in [1.165, 1.54) is 27.8 Å². The molecule has 8 rings (SSSR count). The first kappa shape index (κ1) is 26.2. The van der Waals surface area contributed by atoms with Crippen molar-refractivity contribution < 1.29 is 9.39 Å². The minimum Gasteiger partial charge on any atom is -0.536 e.